The molecular weight excluding hydrogens is 288 g/mol. The smallest absolute Gasteiger partial charge is 0.0511 e. The van der Waals surface area contributed by atoms with Gasteiger partial charge < -0.3 is 10.2 Å². The normalized spacial score (nSPS) is 21.8. The highest BCUT2D eigenvalue weighted by atomic mass is 79.9. The van der Waals surface area contributed by atoms with Gasteiger partial charge in [-0.1, -0.05) is 32.9 Å². The highest BCUT2D eigenvalue weighted by Crippen LogP contribution is 2.29. The summed E-state index contributed by atoms with van der Waals surface area (Å²) in [4.78, 5) is 2.50. The Labute approximate surface area is 119 Å². The van der Waals surface area contributed by atoms with Crippen molar-refractivity contribution in [2.24, 2.45) is 5.41 Å². The number of anilines is 1. The van der Waals surface area contributed by atoms with Crippen molar-refractivity contribution in [1.29, 1.82) is 0 Å². The predicted molar refractivity (Wildman–Crippen MR) is 82.2 cm³/mol. The van der Waals surface area contributed by atoms with E-state index in [1.807, 2.05) is 0 Å². The van der Waals surface area contributed by atoms with Crippen molar-refractivity contribution < 1.29 is 0 Å². The minimum Gasteiger partial charge on any atom is -0.369 e. The number of rotatable bonds is 1. The van der Waals surface area contributed by atoms with Gasteiger partial charge >= 0.3 is 0 Å². The van der Waals surface area contributed by atoms with Crippen molar-refractivity contribution in [3.63, 3.8) is 0 Å². The third-order valence-corrected chi connectivity index (χ3v) is 4.31. The first-order chi connectivity index (χ1) is 8.48. The van der Waals surface area contributed by atoms with Gasteiger partial charge in [-0.3, -0.25) is 0 Å². The van der Waals surface area contributed by atoms with Crippen molar-refractivity contribution in [2.75, 3.05) is 24.5 Å². The van der Waals surface area contributed by atoms with Crippen LogP contribution in [0.15, 0.2) is 28.7 Å². The van der Waals surface area contributed by atoms with E-state index >= 15 is 0 Å². The molecule has 0 radical (unpaired) electrons. The molecule has 2 nitrogen and oxygen atoms in total. The van der Waals surface area contributed by atoms with Crippen LogP contribution in [0.4, 0.5) is 5.69 Å². The zero-order valence-electron chi connectivity index (χ0n) is 11.5. The van der Waals surface area contributed by atoms with Gasteiger partial charge in [0.05, 0.1) is 5.69 Å². The Kier molecular flexibility index (Phi) is 4.33. The lowest BCUT2D eigenvalue weighted by Crippen LogP contribution is -2.46. The van der Waals surface area contributed by atoms with Gasteiger partial charge in [-0.2, -0.15) is 0 Å². The van der Waals surface area contributed by atoms with Crippen LogP contribution in [-0.2, 0) is 0 Å². The van der Waals surface area contributed by atoms with Gasteiger partial charge in [-0.15, -0.1) is 0 Å². The molecule has 0 bridgehead atoms. The molecule has 0 spiro atoms. The van der Waals surface area contributed by atoms with Gasteiger partial charge in [-0.05, 0) is 46.4 Å². The molecular formula is C15H23BrN2. The molecule has 1 aliphatic rings. The largest absolute Gasteiger partial charge is 0.369 e. The van der Waals surface area contributed by atoms with Crippen LogP contribution < -0.4 is 10.2 Å². The molecule has 0 aliphatic carbocycles. The number of nitrogens with zero attached hydrogens (tertiary/aromatic N) is 1. The van der Waals surface area contributed by atoms with E-state index in [1.165, 1.54) is 16.6 Å². The average Bonchev–Trinajstić information content (AvgIpc) is 2.54. The first-order valence-electron chi connectivity index (χ1n) is 6.71. The third-order valence-electron chi connectivity index (χ3n) is 3.64. The van der Waals surface area contributed by atoms with Gasteiger partial charge in [0.25, 0.3) is 0 Å². The first-order valence-corrected chi connectivity index (χ1v) is 7.50. The van der Waals surface area contributed by atoms with E-state index in [0.717, 1.165) is 19.6 Å². The van der Waals surface area contributed by atoms with Crippen LogP contribution in [0.2, 0.25) is 0 Å². The molecule has 3 heteroatoms. The van der Waals surface area contributed by atoms with Crippen molar-refractivity contribution in [3.05, 3.63) is 28.7 Å². The van der Waals surface area contributed by atoms with Crippen molar-refractivity contribution in [2.45, 2.75) is 33.2 Å². The topological polar surface area (TPSA) is 15.3 Å². The second-order valence-corrected chi connectivity index (χ2v) is 6.98. The van der Waals surface area contributed by atoms with Crippen LogP contribution in [-0.4, -0.2) is 25.7 Å². The van der Waals surface area contributed by atoms with Gasteiger partial charge in [-0.25, -0.2) is 0 Å². The Balaban J connectivity index is 2.20. The zero-order chi connectivity index (χ0) is 13.2. The molecule has 1 aromatic rings. The first kappa shape index (κ1) is 13.9. The molecule has 2 rings (SSSR count). The molecule has 0 amide bonds. The lowest BCUT2D eigenvalue weighted by Gasteiger charge is -2.34. The summed E-state index contributed by atoms with van der Waals surface area (Å²) in [7, 11) is 0. The number of hydrogen-bond acceptors (Lipinski definition) is 2. The van der Waals surface area contributed by atoms with Crippen molar-refractivity contribution in [3.8, 4) is 0 Å². The minimum absolute atomic E-state index is 0.295. The maximum Gasteiger partial charge on any atom is 0.0511 e. The van der Waals surface area contributed by atoms with E-state index in [1.54, 1.807) is 0 Å². The molecule has 0 aromatic heterocycles. The Morgan fingerprint density at radius 2 is 2.00 bits per heavy atom. The Morgan fingerprint density at radius 3 is 2.67 bits per heavy atom. The van der Waals surface area contributed by atoms with E-state index in [4.69, 9.17) is 0 Å². The van der Waals surface area contributed by atoms with E-state index in [2.05, 4.69) is 71.2 Å². The lowest BCUT2D eigenvalue weighted by molar-refractivity contribution is 0.280. The summed E-state index contributed by atoms with van der Waals surface area (Å²) in [6.45, 7) is 10.3. The Bertz CT molecular complexity index is 398. The average molecular weight is 311 g/mol. The highest BCUT2D eigenvalue weighted by Gasteiger charge is 2.28. The van der Waals surface area contributed by atoms with Gasteiger partial charge in [0.1, 0.15) is 0 Å². The molecule has 1 N–H and O–H groups in total. The number of benzene rings is 1. The second kappa shape index (κ2) is 5.62. The zero-order valence-corrected chi connectivity index (χ0v) is 13.1. The molecule has 1 aliphatic heterocycles. The van der Waals surface area contributed by atoms with E-state index in [9.17, 15) is 0 Å². The van der Waals surface area contributed by atoms with E-state index in [-0.39, 0.29) is 0 Å². The Hall–Kier alpha value is -0.540. The van der Waals surface area contributed by atoms with E-state index in [0.29, 0.717) is 11.5 Å². The molecule has 100 valence electrons. The predicted octanol–water partition coefficient (Wildman–Crippen LogP) is 3.66. The fourth-order valence-corrected chi connectivity index (χ4v) is 2.97. The van der Waals surface area contributed by atoms with Crippen LogP contribution in [0, 0.1) is 5.41 Å². The van der Waals surface area contributed by atoms with Gasteiger partial charge in [0.15, 0.2) is 0 Å². The van der Waals surface area contributed by atoms with Gasteiger partial charge in [0.2, 0.25) is 0 Å². The monoisotopic (exact) mass is 310 g/mol. The van der Waals surface area contributed by atoms with Crippen LogP contribution >= 0.6 is 15.9 Å². The molecule has 1 aromatic carbocycles. The maximum absolute atomic E-state index is 3.68. The fourth-order valence-electron chi connectivity index (χ4n) is 2.43. The highest BCUT2D eigenvalue weighted by molar-refractivity contribution is 9.10. The summed E-state index contributed by atoms with van der Waals surface area (Å²) < 4.78 is 1.19. The SMILES string of the molecule is CC(C)(C)C1CN(c2ccccc2Br)CCCN1. The third kappa shape index (κ3) is 3.27. The number of halogens is 1. The molecule has 1 fully saturated rings. The Morgan fingerprint density at radius 1 is 1.28 bits per heavy atom. The van der Waals surface area contributed by atoms with Crippen LogP contribution in [0.1, 0.15) is 27.2 Å². The minimum atomic E-state index is 0.295. The van der Waals surface area contributed by atoms with E-state index < -0.39 is 0 Å². The standard InChI is InChI=1S/C15H23BrN2/c1-15(2,3)14-11-18(10-6-9-17-14)13-8-5-4-7-12(13)16/h4-5,7-8,14,17H,6,9-11H2,1-3H3. The van der Waals surface area contributed by atoms with Gasteiger partial charge in [0, 0.05) is 23.6 Å². The number of para-hydroxylation sites is 1. The number of hydrogen-bond donors (Lipinski definition) is 1. The fraction of sp³-hybridized carbons (Fsp3) is 0.600. The molecule has 1 saturated heterocycles. The molecule has 1 heterocycles. The van der Waals surface area contributed by atoms with Crippen LogP contribution in [0.3, 0.4) is 0 Å². The van der Waals surface area contributed by atoms with Crippen LogP contribution in [0.5, 0.6) is 0 Å². The van der Waals surface area contributed by atoms with Crippen LogP contribution in [0.25, 0.3) is 0 Å². The quantitative estimate of drug-likeness (QED) is 0.851. The number of nitrogens with one attached hydrogen (secondary N) is 1. The second-order valence-electron chi connectivity index (χ2n) is 6.12. The van der Waals surface area contributed by atoms with Crippen molar-refractivity contribution >= 4 is 21.6 Å². The van der Waals surface area contributed by atoms with Crippen molar-refractivity contribution in [1.82, 2.24) is 5.32 Å². The molecule has 0 saturated carbocycles. The maximum atomic E-state index is 3.68. The summed E-state index contributed by atoms with van der Waals surface area (Å²) >= 11 is 3.67. The molecule has 1 atom stereocenters. The summed E-state index contributed by atoms with van der Waals surface area (Å²) in [5, 5.41) is 3.68. The summed E-state index contributed by atoms with van der Waals surface area (Å²) in [5.74, 6) is 0. The molecule has 1 unspecified atom stereocenters. The summed E-state index contributed by atoms with van der Waals surface area (Å²) in [6.07, 6.45) is 1.20. The summed E-state index contributed by atoms with van der Waals surface area (Å²) in [6, 6.07) is 9.05. The summed E-state index contributed by atoms with van der Waals surface area (Å²) in [5.41, 5.74) is 1.61. The lowest BCUT2D eigenvalue weighted by atomic mass is 9.86. The molecule has 18 heavy (non-hydrogen) atoms.